The molecule has 0 aromatic heterocycles. The predicted molar refractivity (Wildman–Crippen MR) is 70.2 cm³/mol. The summed E-state index contributed by atoms with van der Waals surface area (Å²) in [6.07, 6.45) is 0.283. The smallest absolute Gasteiger partial charge is 0.345 e. The summed E-state index contributed by atoms with van der Waals surface area (Å²) >= 11 is 0. The van der Waals surface area contributed by atoms with E-state index in [-0.39, 0.29) is 31.7 Å². The molecule has 0 saturated heterocycles. The predicted octanol–water partition coefficient (Wildman–Crippen LogP) is 1.81. The second-order valence-electron chi connectivity index (χ2n) is 4.10. The van der Waals surface area contributed by atoms with Crippen molar-refractivity contribution in [3.8, 4) is 0 Å². The van der Waals surface area contributed by atoms with Gasteiger partial charge in [-0.1, -0.05) is 12.1 Å². The average molecular weight is 302 g/mol. The molecule has 3 N–H and O–H groups in total. The molecule has 0 atom stereocenters. The summed E-state index contributed by atoms with van der Waals surface area (Å²) in [5, 5.41) is 13.8. The summed E-state index contributed by atoms with van der Waals surface area (Å²) in [6.45, 7) is -2.47. The zero-order valence-electron chi connectivity index (χ0n) is 11.1. The van der Waals surface area contributed by atoms with Crippen molar-refractivity contribution >= 4 is 12.0 Å². The third-order valence-electron chi connectivity index (χ3n) is 2.50. The van der Waals surface area contributed by atoms with Crippen LogP contribution in [0.15, 0.2) is 24.3 Å². The van der Waals surface area contributed by atoms with Gasteiger partial charge in [0.15, 0.2) is 0 Å². The Bertz CT molecular complexity index is 466. The van der Waals surface area contributed by atoms with Crippen LogP contribution >= 0.6 is 0 Å². The molecule has 0 aliphatic heterocycles. The van der Waals surface area contributed by atoms with Crippen LogP contribution in [0.2, 0.25) is 0 Å². The van der Waals surface area contributed by atoms with Crippen LogP contribution in [0.25, 0.3) is 0 Å². The average Bonchev–Trinajstić information content (AvgIpc) is 2.44. The fourth-order valence-corrected chi connectivity index (χ4v) is 1.46. The molecule has 2 amide bonds. The Morgan fingerprint density at radius 2 is 1.86 bits per heavy atom. The van der Waals surface area contributed by atoms with Crippen LogP contribution in [0.5, 0.6) is 0 Å². The lowest BCUT2D eigenvalue weighted by atomic mass is 10.1. The summed E-state index contributed by atoms with van der Waals surface area (Å²) < 4.78 is 27.3. The van der Waals surface area contributed by atoms with Gasteiger partial charge in [-0.05, 0) is 24.1 Å². The number of amides is 2. The summed E-state index contributed by atoms with van der Waals surface area (Å²) in [5.74, 6) is -1.02. The van der Waals surface area contributed by atoms with Gasteiger partial charge in [0.1, 0.15) is 0 Å². The van der Waals surface area contributed by atoms with Crippen LogP contribution in [0.4, 0.5) is 13.6 Å². The second-order valence-corrected chi connectivity index (χ2v) is 4.10. The Labute approximate surface area is 120 Å². The van der Waals surface area contributed by atoms with Crippen molar-refractivity contribution in [2.24, 2.45) is 0 Å². The lowest BCUT2D eigenvalue weighted by Crippen LogP contribution is -2.35. The Morgan fingerprint density at radius 3 is 2.43 bits per heavy atom. The van der Waals surface area contributed by atoms with Gasteiger partial charge in [0.2, 0.25) is 0 Å². The first kappa shape index (κ1) is 16.8. The van der Waals surface area contributed by atoms with Gasteiger partial charge in [-0.15, -0.1) is 0 Å². The topological polar surface area (TPSA) is 87.7 Å². The molecule has 1 rings (SSSR count). The zero-order chi connectivity index (χ0) is 15.7. The van der Waals surface area contributed by atoms with Crippen molar-refractivity contribution in [3.63, 3.8) is 0 Å². The molecule has 8 heteroatoms. The molecule has 0 unspecified atom stereocenters. The first-order chi connectivity index (χ1) is 9.99. The Hall–Kier alpha value is -2.22. The molecule has 0 aliphatic carbocycles. The molecule has 6 nitrogen and oxygen atoms in total. The number of nitrogens with one attached hydrogen (secondary N) is 2. The molecule has 0 fully saturated rings. The highest BCUT2D eigenvalue weighted by molar-refractivity contribution is 5.87. The van der Waals surface area contributed by atoms with Gasteiger partial charge >= 0.3 is 18.6 Å². The largest absolute Gasteiger partial charge is 0.478 e. The van der Waals surface area contributed by atoms with Crippen molar-refractivity contribution < 1.29 is 28.2 Å². The van der Waals surface area contributed by atoms with E-state index in [0.717, 1.165) is 5.56 Å². The maximum atomic E-state index is 11.6. The third kappa shape index (κ3) is 7.21. The van der Waals surface area contributed by atoms with E-state index in [0.29, 0.717) is 0 Å². The molecule has 1 aromatic rings. The van der Waals surface area contributed by atoms with Crippen LogP contribution in [-0.4, -0.2) is 36.9 Å². The molecule has 0 saturated carbocycles. The highest BCUT2D eigenvalue weighted by Gasteiger charge is 2.04. The van der Waals surface area contributed by atoms with E-state index in [1.807, 2.05) is 0 Å². The van der Waals surface area contributed by atoms with Crippen LogP contribution in [0.3, 0.4) is 0 Å². The van der Waals surface area contributed by atoms with Crippen LogP contribution < -0.4 is 10.6 Å². The van der Waals surface area contributed by atoms with Gasteiger partial charge in [0.05, 0.1) is 12.2 Å². The maximum Gasteiger partial charge on any atom is 0.345 e. The van der Waals surface area contributed by atoms with Crippen molar-refractivity contribution in [2.45, 2.75) is 19.6 Å². The Balaban J connectivity index is 2.19. The molecule has 1 aromatic carbocycles. The van der Waals surface area contributed by atoms with Crippen molar-refractivity contribution in [1.82, 2.24) is 10.6 Å². The molecule has 0 bridgehead atoms. The normalized spacial score (nSPS) is 10.4. The molecule has 116 valence electrons. The van der Waals surface area contributed by atoms with Crippen LogP contribution in [-0.2, 0) is 11.3 Å². The molecular formula is C13H16F2N2O4. The van der Waals surface area contributed by atoms with Gasteiger partial charge in [-0.2, -0.15) is 8.78 Å². The molecule has 0 spiro atoms. The van der Waals surface area contributed by atoms with Crippen molar-refractivity contribution in [1.29, 1.82) is 0 Å². The minimum absolute atomic E-state index is 0.130. The number of carboxylic acid groups (broad SMARTS) is 1. The van der Waals surface area contributed by atoms with Gasteiger partial charge < -0.3 is 20.5 Å². The van der Waals surface area contributed by atoms with E-state index in [1.54, 1.807) is 12.1 Å². The van der Waals surface area contributed by atoms with E-state index in [9.17, 15) is 18.4 Å². The first-order valence-electron chi connectivity index (χ1n) is 6.22. The summed E-state index contributed by atoms with van der Waals surface area (Å²) in [4.78, 5) is 22.0. The summed E-state index contributed by atoms with van der Waals surface area (Å²) in [7, 11) is 0. The number of carbonyl (C=O) groups excluding carboxylic acids is 1. The SMILES string of the molecule is O=C(NCCCOC(F)F)NCc1ccc(C(=O)O)cc1. The number of carboxylic acids is 1. The number of halogens is 2. The number of hydrogen-bond donors (Lipinski definition) is 3. The van der Waals surface area contributed by atoms with Crippen molar-refractivity contribution in [3.05, 3.63) is 35.4 Å². The molecular weight excluding hydrogens is 286 g/mol. The zero-order valence-corrected chi connectivity index (χ0v) is 11.1. The van der Waals surface area contributed by atoms with E-state index in [1.165, 1.54) is 12.1 Å². The molecule has 0 aliphatic rings. The standard InChI is InChI=1S/C13H16F2N2O4/c14-12(15)21-7-1-6-16-13(20)17-8-9-2-4-10(5-3-9)11(18)19/h2-5,12H,1,6-8H2,(H,18,19)(H2,16,17,20). The van der Waals surface area contributed by atoms with Crippen LogP contribution in [0.1, 0.15) is 22.3 Å². The first-order valence-corrected chi connectivity index (χ1v) is 6.22. The fraction of sp³-hybridized carbons (Fsp3) is 0.385. The number of urea groups is 1. The lowest BCUT2D eigenvalue weighted by Gasteiger charge is -2.08. The summed E-state index contributed by atoms with van der Waals surface area (Å²) in [6, 6.07) is 5.65. The Kier molecular flexibility index (Phi) is 7.10. The third-order valence-corrected chi connectivity index (χ3v) is 2.50. The number of ether oxygens (including phenoxy) is 1. The minimum Gasteiger partial charge on any atom is -0.478 e. The fourth-order valence-electron chi connectivity index (χ4n) is 1.46. The number of hydrogen-bond acceptors (Lipinski definition) is 3. The monoisotopic (exact) mass is 302 g/mol. The Morgan fingerprint density at radius 1 is 1.19 bits per heavy atom. The van der Waals surface area contributed by atoms with Gasteiger partial charge in [-0.3, -0.25) is 0 Å². The van der Waals surface area contributed by atoms with E-state index in [2.05, 4.69) is 15.4 Å². The number of rotatable bonds is 8. The summed E-state index contributed by atoms with van der Waals surface area (Å²) in [5.41, 5.74) is 0.915. The van der Waals surface area contributed by atoms with E-state index in [4.69, 9.17) is 5.11 Å². The van der Waals surface area contributed by atoms with Crippen molar-refractivity contribution in [2.75, 3.05) is 13.2 Å². The van der Waals surface area contributed by atoms with E-state index >= 15 is 0 Å². The number of alkyl halides is 2. The number of benzene rings is 1. The molecule has 0 heterocycles. The second kappa shape index (κ2) is 8.85. The van der Waals surface area contributed by atoms with Gasteiger partial charge in [0.25, 0.3) is 0 Å². The molecule has 0 radical (unpaired) electrons. The minimum atomic E-state index is -2.80. The van der Waals surface area contributed by atoms with Gasteiger partial charge in [-0.25, -0.2) is 9.59 Å². The highest BCUT2D eigenvalue weighted by Crippen LogP contribution is 2.04. The quantitative estimate of drug-likeness (QED) is 0.639. The maximum absolute atomic E-state index is 11.6. The van der Waals surface area contributed by atoms with Gasteiger partial charge in [0, 0.05) is 13.1 Å². The lowest BCUT2D eigenvalue weighted by molar-refractivity contribution is -0.128. The van der Waals surface area contributed by atoms with Crippen LogP contribution in [0, 0.1) is 0 Å². The van der Waals surface area contributed by atoms with E-state index < -0.39 is 18.6 Å². The molecule has 21 heavy (non-hydrogen) atoms. The highest BCUT2D eigenvalue weighted by atomic mass is 19.3. The number of aromatic carboxylic acids is 1. The number of carbonyl (C=O) groups is 2.